The molecule has 5 atom stereocenters. The van der Waals surface area contributed by atoms with Crippen molar-refractivity contribution in [1.29, 1.82) is 0 Å². The summed E-state index contributed by atoms with van der Waals surface area (Å²) in [5.41, 5.74) is 2.32. The lowest BCUT2D eigenvalue weighted by Crippen LogP contribution is -2.45. The Bertz CT molecular complexity index is 1090. The van der Waals surface area contributed by atoms with Gasteiger partial charge < -0.3 is 13.9 Å². The Balaban J connectivity index is 1.87. The van der Waals surface area contributed by atoms with Crippen molar-refractivity contribution in [2.24, 2.45) is 11.8 Å². The molecule has 2 aliphatic rings. The van der Waals surface area contributed by atoms with E-state index in [1.54, 1.807) is 13.0 Å². The number of allylic oxidation sites excluding steroid dienone is 1. The molecule has 1 aromatic carbocycles. The summed E-state index contributed by atoms with van der Waals surface area (Å²) in [5, 5.41) is 0.0903. The van der Waals surface area contributed by atoms with Crippen LogP contribution in [0.2, 0.25) is 18.1 Å². The van der Waals surface area contributed by atoms with Crippen LogP contribution in [0.3, 0.4) is 0 Å². The number of ether oxygens (including phenoxy) is 2. The van der Waals surface area contributed by atoms with Crippen LogP contribution in [0.25, 0.3) is 0 Å². The fourth-order valence-electron chi connectivity index (χ4n) is 5.21. The highest BCUT2D eigenvalue weighted by Gasteiger charge is 2.52. The monoisotopic (exact) mass is 538 g/mol. The first-order valence-corrected chi connectivity index (χ1v) is 17.0. The molecule has 3 rings (SSSR count). The van der Waals surface area contributed by atoms with Gasteiger partial charge in [-0.1, -0.05) is 52.0 Å². The lowest BCUT2D eigenvalue weighted by molar-refractivity contribution is -0.143. The summed E-state index contributed by atoms with van der Waals surface area (Å²) in [5.74, 6) is 6.88. The molecule has 208 valence electrons. The highest BCUT2D eigenvalue weighted by molar-refractivity contribution is 6.74. The number of ketones is 1. The van der Waals surface area contributed by atoms with Crippen molar-refractivity contribution < 1.29 is 23.5 Å². The number of rotatable bonds is 11. The molecule has 0 saturated heterocycles. The second-order valence-corrected chi connectivity index (χ2v) is 17.0. The average Bonchev–Trinajstić information content (AvgIpc) is 3.36. The third kappa shape index (κ3) is 6.98. The molecule has 1 fully saturated rings. The van der Waals surface area contributed by atoms with Gasteiger partial charge in [0.1, 0.15) is 11.9 Å². The van der Waals surface area contributed by atoms with Gasteiger partial charge in [-0.15, -0.1) is 11.8 Å². The zero-order valence-corrected chi connectivity index (χ0v) is 25.6. The van der Waals surface area contributed by atoms with E-state index in [0.29, 0.717) is 19.4 Å². The highest BCUT2D eigenvalue weighted by atomic mass is 28.4. The number of carbonyl (C=O) groups excluding carboxylic acids is 2. The van der Waals surface area contributed by atoms with Gasteiger partial charge in [0.2, 0.25) is 0 Å². The van der Waals surface area contributed by atoms with Gasteiger partial charge in [0.25, 0.3) is 0 Å². The van der Waals surface area contributed by atoms with Crippen LogP contribution in [0.4, 0.5) is 0 Å². The standard InChI is InChI=1S/C32H46O5Si/c1-9-11-14-22(3)26(33)20-19-24-27(37-38(7,8)32(4,5)6)21-28-30(24)25-17-12-15-23(31(25)36-28)16-13-18-29(34)35-10-2/h12,15,17,19-20,22,24,27-28,30H,10,13-14,16,18,21H2,1-8H3/t22-,24-,27+,28-,30-/m0/s1. The van der Waals surface area contributed by atoms with Crippen LogP contribution in [0.5, 0.6) is 5.75 Å². The smallest absolute Gasteiger partial charge is 0.305 e. The predicted molar refractivity (Wildman–Crippen MR) is 155 cm³/mol. The number of fused-ring (bicyclic) bond motifs is 3. The van der Waals surface area contributed by atoms with E-state index in [9.17, 15) is 9.59 Å². The second-order valence-electron chi connectivity index (χ2n) is 12.2. The zero-order chi connectivity index (χ0) is 28.1. The lowest BCUT2D eigenvalue weighted by atomic mass is 9.86. The Morgan fingerprint density at radius 2 is 2.00 bits per heavy atom. The predicted octanol–water partition coefficient (Wildman–Crippen LogP) is 7.00. The summed E-state index contributed by atoms with van der Waals surface area (Å²) in [6, 6.07) is 6.34. The van der Waals surface area contributed by atoms with Gasteiger partial charge in [0.15, 0.2) is 14.1 Å². The maximum absolute atomic E-state index is 12.9. The molecule has 0 spiro atoms. The molecule has 0 radical (unpaired) electrons. The molecule has 6 heteroatoms. The zero-order valence-electron chi connectivity index (χ0n) is 24.6. The van der Waals surface area contributed by atoms with Crippen LogP contribution in [-0.2, 0) is 25.2 Å². The van der Waals surface area contributed by atoms with Crippen molar-refractivity contribution in [2.45, 2.75) is 110 Å². The molecule has 0 amide bonds. The topological polar surface area (TPSA) is 61.8 Å². The molecule has 1 saturated carbocycles. The van der Waals surface area contributed by atoms with E-state index in [0.717, 1.165) is 30.6 Å². The quantitative estimate of drug-likeness (QED) is 0.131. The molecule has 0 aromatic heterocycles. The molecule has 0 bridgehead atoms. The molecule has 0 N–H and O–H groups in total. The van der Waals surface area contributed by atoms with E-state index in [1.165, 1.54) is 5.56 Å². The van der Waals surface area contributed by atoms with E-state index >= 15 is 0 Å². The first-order chi connectivity index (χ1) is 17.9. The molecular weight excluding hydrogens is 492 g/mol. The van der Waals surface area contributed by atoms with Gasteiger partial charge in [-0.2, -0.15) is 0 Å². The Kier molecular flexibility index (Phi) is 10.1. The van der Waals surface area contributed by atoms with Crippen molar-refractivity contribution >= 4 is 20.1 Å². The SMILES string of the molecule is CC#CC[C@H](C)C(=O)C=C[C@@H]1[C@H]2c3cccc(CCCC(=O)OCC)c3O[C@H]2C[C@H]1O[Si](C)(C)C(C)(C)C. The van der Waals surface area contributed by atoms with Gasteiger partial charge in [0.05, 0.1) is 12.7 Å². The van der Waals surface area contributed by atoms with E-state index in [1.807, 2.05) is 13.8 Å². The molecule has 1 aliphatic heterocycles. The van der Waals surface area contributed by atoms with Crippen LogP contribution >= 0.6 is 0 Å². The summed E-state index contributed by atoms with van der Waals surface area (Å²) in [7, 11) is -2.03. The maximum atomic E-state index is 12.9. The molecule has 1 heterocycles. The molecular formula is C32H46O5Si. The van der Waals surface area contributed by atoms with E-state index < -0.39 is 8.32 Å². The Morgan fingerprint density at radius 3 is 2.66 bits per heavy atom. The normalized spacial score (nSPS) is 23.3. The van der Waals surface area contributed by atoms with Gasteiger partial charge in [-0.05, 0) is 56.5 Å². The highest BCUT2D eigenvalue weighted by Crippen LogP contribution is 2.54. The number of esters is 1. The van der Waals surface area contributed by atoms with Crippen molar-refractivity contribution in [3.05, 3.63) is 41.5 Å². The largest absolute Gasteiger partial charge is 0.489 e. The van der Waals surface area contributed by atoms with E-state index in [4.69, 9.17) is 13.9 Å². The summed E-state index contributed by atoms with van der Waals surface area (Å²) < 4.78 is 18.7. The summed E-state index contributed by atoms with van der Waals surface area (Å²) in [4.78, 5) is 24.7. The van der Waals surface area contributed by atoms with Gasteiger partial charge in [-0.3, -0.25) is 9.59 Å². The summed E-state index contributed by atoms with van der Waals surface area (Å²) >= 11 is 0. The molecule has 1 aliphatic carbocycles. The Hall–Kier alpha value is -2.36. The maximum Gasteiger partial charge on any atom is 0.305 e. The molecule has 1 aromatic rings. The Labute approximate surface area is 230 Å². The summed E-state index contributed by atoms with van der Waals surface area (Å²) in [6.07, 6.45) is 7.13. The minimum Gasteiger partial charge on any atom is -0.489 e. The third-order valence-corrected chi connectivity index (χ3v) is 12.9. The number of hydrogen-bond donors (Lipinski definition) is 0. The number of para-hydroxylation sites is 1. The first-order valence-electron chi connectivity index (χ1n) is 14.1. The number of carbonyl (C=O) groups is 2. The van der Waals surface area contributed by atoms with Crippen molar-refractivity contribution in [2.75, 3.05) is 6.61 Å². The fourth-order valence-corrected chi connectivity index (χ4v) is 6.57. The first kappa shape index (κ1) is 30.2. The van der Waals surface area contributed by atoms with Gasteiger partial charge in [-0.25, -0.2) is 0 Å². The van der Waals surface area contributed by atoms with Crippen molar-refractivity contribution in [3.63, 3.8) is 0 Å². The minimum atomic E-state index is -2.03. The number of benzene rings is 1. The number of hydrogen-bond acceptors (Lipinski definition) is 5. The van der Waals surface area contributed by atoms with Crippen LogP contribution < -0.4 is 4.74 Å². The minimum absolute atomic E-state index is 0.00121. The van der Waals surface area contributed by atoms with Crippen LogP contribution in [0.1, 0.15) is 84.3 Å². The lowest BCUT2D eigenvalue weighted by Gasteiger charge is -2.40. The number of aryl methyl sites for hydroxylation is 1. The van der Waals surface area contributed by atoms with Crippen molar-refractivity contribution in [3.8, 4) is 17.6 Å². The van der Waals surface area contributed by atoms with E-state index in [2.05, 4.69) is 70.0 Å². The average molecular weight is 539 g/mol. The molecule has 38 heavy (non-hydrogen) atoms. The fraction of sp³-hybridized carbons (Fsp3) is 0.625. The van der Waals surface area contributed by atoms with Crippen LogP contribution in [0.15, 0.2) is 30.4 Å². The van der Waals surface area contributed by atoms with Gasteiger partial charge >= 0.3 is 5.97 Å². The molecule has 5 nitrogen and oxygen atoms in total. The third-order valence-electron chi connectivity index (χ3n) is 8.40. The van der Waals surface area contributed by atoms with Crippen LogP contribution in [-0.4, -0.2) is 38.9 Å². The molecule has 0 unspecified atom stereocenters. The Morgan fingerprint density at radius 1 is 1.26 bits per heavy atom. The summed E-state index contributed by atoms with van der Waals surface area (Å²) in [6.45, 7) is 17.3. The van der Waals surface area contributed by atoms with Gasteiger partial charge in [0, 0.05) is 42.6 Å². The second kappa shape index (κ2) is 12.7. The van der Waals surface area contributed by atoms with Crippen molar-refractivity contribution in [1.82, 2.24) is 0 Å². The van der Waals surface area contributed by atoms with Crippen LogP contribution in [0, 0.1) is 23.7 Å². The van der Waals surface area contributed by atoms with E-state index in [-0.39, 0.29) is 46.8 Å².